The van der Waals surface area contributed by atoms with E-state index < -0.39 is 0 Å². The summed E-state index contributed by atoms with van der Waals surface area (Å²) in [6.07, 6.45) is 2.07. The summed E-state index contributed by atoms with van der Waals surface area (Å²) in [6.45, 7) is 3.47. The van der Waals surface area contributed by atoms with Gasteiger partial charge in [0.15, 0.2) is 0 Å². The minimum Gasteiger partial charge on any atom is -0.496 e. The molecule has 1 aromatic rings. The predicted molar refractivity (Wildman–Crippen MR) is 79.9 cm³/mol. The van der Waals surface area contributed by atoms with E-state index in [1.807, 2.05) is 12.1 Å². The zero-order valence-electron chi connectivity index (χ0n) is 11.2. The van der Waals surface area contributed by atoms with Crippen molar-refractivity contribution in [3.8, 4) is 5.75 Å². The fraction of sp³-hybridized carbons (Fsp3) is 0.571. The van der Waals surface area contributed by atoms with E-state index in [2.05, 4.69) is 28.9 Å². The van der Waals surface area contributed by atoms with E-state index in [1.54, 1.807) is 7.11 Å². The Hall–Kier alpha value is -0.580. The number of methoxy groups -OCH3 is 1. The smallest absolute Gasteiger partial charge is 0.122 e. The number of hydrogen-bond acceptors (Lipinski definition) is 3. The van der Waals surface area contributed by atoms with Crippen molar-refractivity contribution in [2.75, 3.05) is 20.2 Å². The van der Waals surface area contributed by atoms with Gasteiger partial charge in [-0.05, 0) is 61.5 Å². The Morgan fingerprint density at radius 1 is 1.28 bits per heavy atom. The molecule has 4 heteroatoms. The number of rotatable bonds is 7. The maximum Gasteiger partial charge on any atom is 0.122 e. The first-order valence-electron chi connectivity index (χ1n) is 6.39. The molecule has 1 aromatic carbocycles. The zero-order valence-corrected chi connectivity index (χ0v) is 12.7. The maximum absolute atomic E-state index is 5.74. The first-order valence-corrected chi connectivity index (χ1v) is 7.19. The molecule has 0 aromatic heterocycles. The van der Waals surface area contributed by atoms with E-state index in [1.165, 1.54) is 5.56 Å². The minimum atomic E-state index is 0.374. The van der Waals surface area contributed by atoms with E-state index in [9.17, 15) is 0 Å². The van der Waals surface area contributed by atoms with Crippen LogP contribution in [0.2, 0.25) is 0 Å². The van der Waals surface area contributed by atoms with Crippen LogP contribution in [0.5, 0.6) is 5.75 Å². The maximum atomic E-state index is 5.74. The lowest BCUT2D eigenvalue weighted by Gasteiger charge is -2.23. The third-order valence-corrected chi connectivity index (χ3v) is 3.90. The Balaban J connectivity index is 2.96. The predicted octanol–water partition coefficient (Wildman–Crippen LogP) is 2.88. The van der Waals surface area contributed by atoms with E-state index >= 15 is 0 Å². The summed E-state index contributed by atoms with van der Waals surface area (Å²) in [5.41, 5.74) is 12.7. The summed E-state index contributed by atoms with van der Waals surface area (Å²) in [6, 6.07) is 6.14. The van der Waals surface area contributed by atoms with Crippen LogP contribution >= 0.6 is 15.9 Å². The van der Waals surface area contributed by atoms with Gasteiger partial charge in [-0.25, -0.2) is 0 Å². The molecular formula is C14H23BrN2O. The van der Waals surface area contributed by atoms with Crippen molar-refractivity contribution >= 4 is 15.9 Å². The molecule has 0 radical (unpaired) electrons. The topological polar surface area (TPSA) is 61.3 Å². The highest BCUT2D eigenvalue weighted by molar-refractivity contribution is 9.10. The van der Waals surface area contributed by atoms with Gasteiger partial charge in [0.05, 0.1) is 7.11 Å². The molecule has 0 aliphatic rings. The molecule has 1 unspecified atom stereocenters. The molecule has 0 saturated heterocycles. The molecule has 0 spiro atoms. The lowest BCUT2D eigenvalue weighted by Crippen LogP contribution is -2.25. The summed E-state index contributed by atoms with van der Waals surface area (Å²) in [4.78, 5) is 0. The average molecular weight is 315 g/mol. The second-order valence-corrected chi connectivity index (χ2v) is 5.48. The Morgan fingerprint density at radius 3 is 2.44 bits per heavy atom. The third kappa shape index (κ3) is 3.97. The van der Waals surface area contributed by atoms with Gasteiger partial charge in [-0.15, -0.1) is 0 Å². The molecule has 18 heavy (non-hydrogen) atoms. The van der Waals surface area contributed by atoms with Crippen LogP contribution in [0.25, 0.3) is 0 Å². The zero-order chi connectivity index (χ0) is 13.5. The van der Waals surface area contributed by atoms with E-state index in [0.29, 0.717) is 24.9 Å². The minimum absolute atomic E-state index is 0.374. The van der Waals surface area contributed by atoms with Crippen LogP contribution in [0.3, 0.4) is 0 Å². The molecule has 0 aliphatic carbocycles. The number of hydrogen-bond donors (Lipinski definition) is 2. The van der Waals surface area contributed by atoms with Crippen molar-refractivity contribution < 1.29 is 4.74 Å². The normalized spacial score (nSPS) is 12.8. The van der Waals surface area contributed by atoms with Crippen molar-refractivity contribution in [1.29, 1.82) is 0 Å². The number of benzene rings is 1. The second-order valence-electron chi connectivity index (χ2n) is 4.56. The van der Waals surface area contributed by atoms with Crippen molar-refractivity contribution in [3.63, 3.8) is 0 Å². The van der Waals surface area contributed by atoms with Gasteiger partial charge in [0.2, 0.25) is 0 Å². The molecule has 0 saturated carbocycles. The van der Waals surface area contributed by atoms with Gasteiger partial charge in [0, 0.05) is 4.47 Å². The van der Waals surface area contributed by atoms with Crippen LogP contribution in [-0.2, 0) is 0 Å². The Labute approximate surface area is 118 Å². The molecule has 1 rings (SSSR count). The van der Waals surface area contributed by atoms with Gasteiger partial charge in [-0.3, -0.25) is 0 Å². The van der Waals surface area contributed by atoms with Crippen LogP contribution in [0, 0.1) is 5.92 Å². The Kier molecular flexibility index (Phi) is 6.68. The number of nitrogens with two attached hydrogens (primary N) is 2. The van der Waals surface area contributed by atoms with Gasteiger partial charge in [0.1, 0.15) is 5.75 Å². The molecule has 1 atom stereocenters. The highest BCUT2D eigenvalue weighted by Crippen LogP contribution is 2.35. The lowest BCUT2D eigenvalue weighted by molar-refractivity contribution is 0.390. The standard InChI is InChI=1S/C14H23BrN2O/c1-3-11(6-10(8-16)9-17)13-7-12(15)4-5-14(13)18-2/h4-5,7,10-11H,3,6,8-9,16-17H2,1-2H3. The van der Waals surface area contributed by atoms with Gasteiger partial charge in [0.25, 0.3) is 0 Å². The van der Waals surface area contributed by atoms with Crippen LogP contribution in [0.15, 0.2) is 22.7 Å². The summed E-state index contributed by atoms with van der Waals surface area (Å²) >= 11 is 3.52. The van der Waals surface area contributed by atoms with Crippen LogP contribution in [0.1, 0.15) is 31.2 Å². The van der Waals surface area contributed by atoms with E-state index in [4.69, 9.17) is 16.2 Å². The number of ether oxygens (including phenoxy) is 1. The molecule has 102 valence electrons. The average Bonchev–Trinajstić information content (AvgIpc) is 2.40. The van der Waals surface area contributed by atoms with Crippen molar-refractivity contribution in [1.82, 2.24) is 0 Å². The Morgan fingerprint density at radius 2 is 1.94 bits per heavy atom. The third-order valence-electron chi connectivity index (χ3n) is 3.41. The highest BCUT2D eigenvalue weighted by Gasteiger charge is 2.18. The largest absolute Gasteiger partial charge is 0.496 e. The molecule has 0 heterocycles. The molecule has 3 nitrogen and oxygen atoms in total. The lowest BCUT2D eigenvalue weighted by atomic mass is 9.86. The molecule has 0 aliphatic heterocycles. The van der Waals surface area contributed by atoms with Crippen LogP contribution in [-0.4, -0.2) is 20.2 Å². The monoisotopic (exact) mass is 314 g/mol. The molecule has 0 amide bonds. The van der Waals surface area contributed by atoms with Crippen molar-refractivity contribution in [2.45, 2.75) is 25.7 Å². The van der Waals surface area contributed by atoms with E-state index in [-0.39, 0.29) is 0 Å². The van der Waals surface area contributed by atoms with Crippen LogP contribution < -0.4 is 16.2 Å². The summed E-state index contributed by atoms with van der Waals surface area (Å²) in [5.74, 6) is 1.76. The Bertz CT molecular complexity index is 367. The van der Waals surface area contributed by atoms with Crippen LogP contribution in [0.4, 0.5) is 0 Å². The fourth-order valence-electron chi connectivity index (χ4n) is 2.23. The summed E-state index contributed by atoms with van der Waals surface area (Å²) in [5, 5.41) is 0. The van der Waals surface area contributed by atoms with Gasteiger partial charge in [-0.1, -0.05) is 22.9 Å². The molecule has 4 N–H and O–H groups in total. The first kappa shape index (κ1) is 15.5. The fourth-order valence-corrected chi connectivity index (χ4v) is 2.61. The van der Waals surface area contributed by atoms with E-state index in [0.717, 1.165) is 23.1 Å². The SMILES string of the molecule is CCC(CC(CN)CN)c1cc(Br)ccc1OC. The van der Waals surface area contributed by atoms with Gasteiger partial charge < -0.3 is 16.2 Å². The molecular weight excluding hydrogens is 292 g/mol. The van der Waals surface area contributed by atoms with Gasteiger partial charge >= 0.3 is 0 Å². The number of halogens is 1. The first-order chi connectivity index (χ1) is 8.65. The van der Waals surface area contributed by atoms with Gasteiger partial charge in [-0.2, -0.15) is 0 Å². The molecule has 0 fully saturated rings. The highest BCUT2D eigenvalue weighted by atomic mass is 79.9. The van der Waals surface area contributed by atoms with Crippen molar-refractivity contribution in [3.05, 3.63) is 28.2 Å². The summed E-state index contributed by atoms with van der Waals surface area (Å²) in [7, 11) is 1.71. The van der Waals surface area contributed by atoms with Crippen molar-refractivity contribution in [2.24, 2.45) is 17.4 Å². The summed E-state index contributed by atoms with van der Waals surface area (Å²) < 4.78 is 6.53. The quantitative estimate of drug-likeness (QED) is 0.813. The molecule has 0 bridgehead atoms. The second kappa shape index (κ2) is 7.77.